The second-order valence-corrected chi connectivity index (χ2v) is 5.57. The Kier molecular flexibility index (Phi) is 4.09. The number of aromatic nitrogens is 2. The van der Waals surface area contributed by atoms with Gasteiger partial charge in [0.25, 0.3) is 5.91 Å². The van der Waals surface area contributed by atoms with Crippen molar-refractivity contribution in [2.45, 2.75) is 25.7 Å². The number of benzene rings is 1. The van der Waals surface area contributed by atoms with E-state index in [4.69, 9.17) is 4.52 Å². The van der Waals surface area contributed by atoms with Crippen LogP contribution >= 0.6 is 0 Å². The summed E-state index contributed by atoms with van der Waals surface area (Å²) < 4.78 is 5.27. The lowest BCUT2D eigenvalue weighted by molar-refractivity contribution is 0.0696. The standard InChI is InChI=1S/C16H20N4O2/c1-11-18-15(22-19-11)12-6-5-9-20(10-12)16(21)13-7-3-4-8-14(13)17-2/h3-4,7-8,12,17H,5-6,9-10H2,1-2H3. The normalized spacial score (nSPS) is 18.3. The number of carbonyl (C=O) groups excluding carboxylic acids is 1. The van der Waals surface area contributed by atoms with Crippen LogP contribution in [0.4, 0.5) is 5.69 Å². The van der Waals surface area contributed by atoms with E-state index in [1.54, 1.807) is 0 Å². The summed E-state index contributed by atoms with van der Waals surface area (Å²) in [6.07, 6.45) is 1.92. The van der Waals surface area contributed by atoms with E-state index in [-0.39, 0.29) is 11.8 Å². The van der Waals surface area contributed by atoms with Gasteiger partial charge in [-0.25, -0.2) is 0 Å². The van der Waals surface area contributed by atoms with Gasteiger partial charge in [0, 0.05) is 25.8 Å². The van der Waals surface area contributed by atoms with Gasteiger partial charge >= 0.3 is 0 Å². The van der Waals surface area contributed by atoms with Gasteiger partial charge < -0.3 is 14.7 Å². The van der Waals surface area contributed by atoms with E-state index in [2.05, 4.69) is 15.5 Å². The van der Waals surface area contributed by atoms with E-state index in [0.717, 1.165) is 25.1 Å². The van der Waals surface area contributed by atoms with Gasteiger partial charge in [-0.2, -0.15) is 4.98 Å². The van der Waals surface area contributed by atoms with Crippen LogP contribution < -0.4 is 5.32 Å². The van der Waals surface area contributed by atoms with Crippen LogP contribution in [0.25, 0.3) is 0 Å². The molecule has 0 spiro atoms. The number of piperidine rings is 1. The van der Waals surface area contributed by atoms with Crippen molar-refractivity contribution in [1.82, 2.24) is 15.0 Å². The topological polar surface area (TPSA) is 71.3 Å². The Morgan fingerprint density at radius 1 is 1.41 bits per heavy atom. The van der Waals surface area contributed by atoms with E-state index < -0.39 is 0 Å². The number of likely N-dealkylation sites (tertiary alicyclic amines) is 1. The van der Waals surface area contributed by atoms with Gasteiger partial charge in [0.05, 0.1) is 11.5 Å². The number of aryl methyl sites for hydroxylation is 1. The van der Waals surface area contributed by atoms with Crippen molar-refractivity contribution < 1.29 is 9.32 Å². The van der Waals surface area contributed by atoms with E-state index >= 15 is 0 Å². The minimum absolute atomic E-state index is 0.0471. The number of hydrogen-bond donors (Lipinski definition) is 1. The van der Waals surface area contributed by atoms with Crippen LogP contribution in [0, 0.1) is 6.92 Å². The quantitative estimate of drug-likeness (QED) is 0.942. The first-order chi connectivity index (χ1) is 10.7. The van der Waals surface area contributed by atoms with Crippen LogP contribution in [0.3, 0.4) is 0 Å². The van der Waals surface area contributed by atoms with Crippen molar-refractivity contribution in [2.24, 2.45) is 0 Å². The van der Waals surface area contributed by atoms with Crippen LogP contribution in [0.5, 0.6) is 0 Å². The molecule has 0 saturated carbocycles. The lowest BCUT2D eigenvalue weighted by atomic mass is 9.97. The molecule has 116 valence electrons. The lowest BCUT2D eigenvalue weighted by Crippen LogP contribution is -2.39. The zero-order valence-electron chi connectivity index (χ0n) is 12.9. The van der Waals surface area contributed by atoms with E-state index in [9.17, 15) is 4.79 Å². The number of carbonyl (C=O) groups is 1. The van der Waals surface area contributed by atoms with E-state index in [1.165, 1.54) is 0 Å². The molecule has 2 heterocycles. The highest BCUT2D eigenvalue weighted by molar-refractivity contribution is 5.99. The minimum atomic E-state index is 0.0471. The Morgan fingerprint density at radius 3 is 2.95 bits per heavy atom. The van der Waals surface area contributed by atoms with Crippen molar-refractivity contribution in [2.75, 3.05) is 25.5 Å². The molecule has 1 aromatic heterocycles. The third-order valence-corrected chi connectivity index (χ3v) is 4.03. The second kappa shape index (κ2) is 6.17. The number of para-hydroxylation sites is 1. The number of anilines is 1. The average molecular weight is 300 g/mol. The summed E-state index contributed by atoms with van der Waals surface area (Å²) in [6.45, 7) is 3.20. The molecule has 1 atom stereocenters. The highest BCUT2D eigenvalue weighted by Crippen LogP contribution is 2.27. The highest BCUT2D eigenvalue weighted by atomic mass is 16.5. The van der Waals surface area contributed by atoms with Crippen LogP contribution in [0.1, 0.15) is 40.8 Å². The SMILES string of the molecule is CNc1ccccc1C(=O)N1CCCC(c2nc(C)no2)C1. The summed E-state index contributed by atoms with van der Waals surface area (Å²) >= 11 is 0. The van der Waals surface area contributed by atoms with Crippen molar-refractivity contribution in [1.29, 1.82) is 0 Å². The molecule has 1 fully saturated rings. The third kappa shape index (κ3) is 2.81. The molecule has 0 bridgehead atoms. The summed E-state index contributed by atoms with van der Waals surface area (Å²) in [5.74, 6) is 1.45. The van der Waals surface area contributed by atoms with Crippen molar-refractivity contribution in [3.63, 3.8) is 0 Å². The maximum absolute atomic E-state index is 12.8. The molecule has 6 heteroatoms. The number of nitrogens with one attached hydrogen (secondary N) is 1. The van der Waals surface area contributed by atoms with Crippen molar-refractivity contribution in [3.05, 3.63) is 41.5 Å². The minimum Gasteiger partial charge on any atom is -0.387 e. The van der Waals surface area contributed by atoms with Gasteiger partial charge in [-0.15, -0.1) is 0 Å². The smallest absolute Gasteiger partial charge is 0.255 e. The van der Waals surface area contributed by atoms with Gasteiger partial charge in [0.1, 0.15) is 0 Å². The third-order valence-electron chi connectivity index (χ3n) is 4.03. The molecule has 0 radical (unpaired) electrons. The van der Waals surface area contributed by atoms with Gasteiger partial charge in [-0.3, -0.25) is 4.79 Å². The Hall–Kier alpha value is -2.37. The number of nitrogens with zero attached hydrogens (tertiary/aromatic N) is 3. The predicted octanol–water partition coefficient (Wildman–Crippen LogP) is 2.44. The monoisotopic (exact) mass is 300 g/mol. The zero-order valence-corrected chi connectivity index (χ0v) is 12.9. The van der Waals surface area contributed by atoms with Crippen LogP contribution in [-0.2, 0) is 0 Å². The predicted molar refractivity (Wildman–Crippen MR) is 82.9 cm³/mol. The number of hydrogen-bond acceptors (Lipinski definition) is 5. The molecule has 2 aromatic rings. The molecule has 1 aromatic carbocycles. The molecule has 1 saturated heterocycles. The first kappa shape index (κ1) is 14.6. The molecular formula is C16H20N4O2. The molecule has 1 unspecified atom stereocenters. The summed E-state index contributed by atoms with van der Waals surface area (Å²) in [6, 6.07) is 7.57. The molecule has 1 aliphatic rings. The fourth-order valence-corrected chi connectivity index (χ4v) is 2.90. The molecule has 22 heavy (non-hydrogen) atoms. The summed E-state index contributed by atoms with van der Waals surface area (Å²) in [7, 11) is 1.83. The fraction of sp³-hybridized carbons (Fsp3) is 0.438. The van der Waals surface area contributed by atoms with Crippen molar-refractivity contribution in [3.8, 4) is 0 Å². The van der Waals surface area contributed by atoms with E-state index in [0.29, 0.717) is 23.8 Å². The Labute approximate surface area is 129 Å². The zero-order chi connectivity index (χ0) is 15.5. The number of amides is 1. The van der Waals surface area contributed by atoms with Crippen molar-refractivity contribution >= 4 is 11.6 Å². The maximum Gasteiger partial charge on any atom is 0.255 e. The first-order valence-corrected chi connectivity index (χ1v) is 7.55. The Morgan fingerprint density at radius 2 is 2.23 bits per heavy atom. The number of rotatable bonds is 3. The van der Waals surface area contributed by atoms with Gasteiger partial charge in [0.15, 0.2) is 5.82 Å². The summed E-state index contributed by atoms with van der Waals surface area (Å²) in [5.41, 5.74) is 1.55. The molecular weight excluding hydrogens is 280 g/mol. The first-order valence-electron chi connectivity index (χ1n) is 7.55. The van der Waals surface area contributed by atoms with Crippen LogP contribution in [-0.4, -0.2) is 41.1 Å². The summed E-state index contributed by atoms with van der Waals surface area (Å²) in [4.78, 5) is 19.0. The second-order valence-electron chi connectivity index (χ2n) is 5.57. The molecule has 1 amide bonds. The van der Waals surface area contributed by atoms with Gasteiger partial charge in [-0.1, -0.05) is 17.3 Å². The Balaban J connectivity index is 1.78. The fourth-order valence-electron chi connectivity index (χ4n) is 2.90. The summed E-state index contributed by atoms with van der Waals surface area (Å²) in [5, 5.41) is 6.92. The van der Waals surface area contributed by atoms with Crippen LogP contribution in [0.15, 0.2) is 28.8 Å². The van der Waals surface area contributed by atoms with Crippen LogP contribution in [0.2, 0.25) is 0 Å². The molecule has 3 rings (SSSR count). The van der Waals surface area contributed by atoms with E-state index in [1.807, 2.05) is 43.1 Å². The largest absolute Gasteiger partial charge is 0.387 e. The van der Waals surface area contributed by atoms with Gasteiger partial charge in [-0.05, 0) is 31.9 Å². The lowest BCUT2D eigenvalue weighted by Gasteiger charge is -2.31. The van der Waals surface area contributed by atoms with Gasteiger partial charge in [0.2, 0.25) is 5.89 Å². The molecule has 0 aliphatic carbocycles. The highest BCUT2D eigenvalue weighted by Gasteiger charge is 2.29. The average Bonchev–Trinajstić information content (AvgIpc) is 3.01. The molecule has 1 N–H and O–H groups in total. The maximum atomic E-state index is 12.8. The molecule has 1 aliphatic heterocycles. The Bertz CT molecular complexity index is 668. The molecule has 6 nitrogen and oxygen atoms in total.